The molecule has 0 aromatic heterocycles. The van der Waals surface area contributed by atoms with Crippen LogP contribution in [0.5, 0.6) is 0 Å². The van der Waals surface area contributed by atoms with E-state index in [9.17, 15) is 14.4 Å². The fourth-order valence-electron chi connectivity index (χ4n) is 2.24. The predicted molar refractivity (Wildman–Crippen MR) is 70.8 cm³/mol. The van der Waals surface area contributed by atoms with Gasteiger partial charge in [0.1, 0.15) is 0 Å². The third-order valence-electron chi connectivity index (χ3n) is 3.39. The van der Waals surface area contributed by atoms with Gasteiger partial charge in [-0.05, 0) is 19.8 Å². The van der Waals surface area contributed by atoms with Crippen LogP contribution in [-0.4, -0.2) is 53.6 Å². The summed E-state index contributed by atoms with van der Waals surface area (Å²) in [5.74, 6) is -1.91. The summed E-state index contributed by atoms with van der Waals surface area (Å²) in [7, 11) is 0. The topological polar surface area (TPSA) is 110 Å². The summed E-state index contributed by atoms with van der Waals surface area (Å²) in [6, 6.07) is -0.294. The Morgan fingerprint density at radius 1 is 1.35 bits per heavy atom. The van der Waals surface area contributed by atoms with Crippen LogP contribution in [0.15, 0.2) is 0 Å². The molecule has 20 heavy (non-hydrogen) atoms. The normalized spacial score (nSPS) is 22.4. The average molecular weight is 286 g/mol. The highest BCUT2D eigenvalue weighted by molar-refractivity contribution is 5.79. The quantitative estimate of drug-likeness (QED) is 0.664. The van der Waals surface area contributed by atoms with E-state index in [1.807, 2.05) is 0 Å². The van der Waals surface area contributed by atoms with Gasteiger partial charge < -0.3 is 20.5 Å². The molecule has 1 saturated heterocycles. The molecule has 1 rings (SSSR count). The molecule has 7 heteroatoms. The monoisotopic (exact) mass is 286 g/mol. The highest BCUT2D eigenvalue weighted by atomic mass is 16.5. The first-order valence-electron chi connectivity index (χ1n) is 6.87. The van der Waals surface area contributed by atoms with E-state index in [1.54, 1.807) is 11.8 Å². The van der Waals surface area contributed by atoms with Gasteiger partial charge in [0, 0.05) is 32.0 Å². The number of carbonyl (C=O) groups is 3. The van der Waals surface area contributed by atoms with Gasteiger partial charge in [-0.25, -0.2) is 0 Å². The van der Waals surface area contributed by atoms with Crippen molar-refractivity contribution in [2.75, 3.05) is 19.7 Å². The highest BCUT2D eigenvalue weighted by Gasteiger charge is 2.34. The summed E-state index contributed by atoms with van der Waals surface area (Å²) in [5, 5.41) is 8.54. The fourth-order valence-corrected chi connectivity index (χ4v) is 2.24. The number of carboxylic acid groups (broad SMARTS) is 1. The third kappa shape index (κ3) is 4.80. The number of piperidine rings is 1. The molecule has 7 nitrogen and oxygen atoms in total. The number of hydrogen-bond acceptors (Lipinski definition) is 5. The van der Waals surface area contributed by atoms with Crippen molar-refractivity contribution in [3.05, 3.63) is 0 Å². The van der Waals surface area contributed by atoms with Crippen LogP contribution in [-0.2, 0) is 19.1 Å². The van der Waals surface area contributed by atoms with Crippen molar-refractivity contribution in [3.63, 3.8) is 0 Å². The molecule has 3 N–H and O–H groups in total. The maximum atomic E-state index is 12.0. The Kier molecular flexibility index (Phi) is 6.44. The number of rotatable bonds is 6. The Hall–Kier alpha value is -1.63. The van der Waals surface area contributed by atoms with Gasteiger partial charge in [0.25, 0.3) is 0 Å². The standard InChI is InChI=1S/C13H22N2O5/c1-2-20-13(19)9-8-15(7-6-10(9)14)11(16)4-3-5-12(17)18/h9-10H,2-8,14H2,1H3,(H,17,18). The van der Waals surface area contributed by atoms with Crippen molar-refractivity contribution in [3.8, 4) is 0 Å². The number of likely N-dealkylation sites (tertiary alicyclic amines) is 1. The Morgan fingerprint density at radius 2 is 2.05 bits per heavy atom. The molecular formula is C13H22N2O5. The summed E-state index contributed by atoms with van der Waals surface area (Å²) < 4.78 is 4.96. The Bertz CT molecular complexity index is 372. The Labute approximate surface area is 118 Å². The fraction of sp³-hybridized carbons (Fsp3) is 0.769. The average Bonchev–Trinajstić information content (AvgIpc) is 2.38. The van der Waals surface area contributed by atoms with Gasteiger partial charge in [0.15, 0.2) is 0 Å². The molecule has 1 heterocycles. The first-order chi connectivity index (χ1) is 9.45. The molecule has 0 bridgehead atoms. The summed E-state index contributed by atoms with van der Waals surface area (Å²) in [6.07, 6.45) is 1.01. The molecule has 2 unspecified atom stereocenters. The molecule has 114 valence electrons. The van der Waals surface area contributed by atoms with Crippen LogP contribution >= 0.6 is 0 Å². The molecule has 1 aliphatic rings. The molecule has 2 atom stereocenters. The number of aliphatic carboxylic acids is 1. The van der Waals surface area contributed by atoms with E-state index in [-0.39, 0.29) is 43.9 Å². The number of carboxylic acids is 1. The van der Waals surface area contributed by atoms with Crippen molar-refractivity contribution in [2.24, 2.45) is 11.7 Å². The summed E-state index contributed by atoms with van der Waals surface area (Å²) >= 11 is 0. The van der Waals surface area contributed by atoms with E-state index in [2.05, 4.69) is 0 Å². The number of ether oxygens (including phenoxy) is 1. The molecular weight excluding hydrogens is 264 g/mol. The first-order valence-corrected chi connectivity index (χ1v) is 6.87. The minimum atomic E-state index is -0.914. The van der Waals surface area contributed by atoms with Gasteiger partial charge in [-0.3, -0.25) is 14.4 Å². The zero-order valence-electron chi connectivity index (χ0n) is 11.7. The first kappa shape index (κ1) is 16.4. The van der Waals surface area contributed by atoms with Gasteiger partial charge in [0.05, 0.1) is 12.5 Å². The van der Waals surface area contributed by atoms with Crippen LogP contribution in [0.2, 0.25) is 0 Å². The predicted octanol–water partition coefficient (Wildman–Crippen LogP) is -0.0198. The van der Waals surface area contributed by atoms with Crippen molar-refractivity contribution in [1.82, 2.24) is 4.90 Å². The lowest BCUT2D eigenvalue weighted by atomic mass is 9.92. The summed E-state index contributed by atoms with van der Waals surface area (Å²) in [6.45, 7) is 2.77. The number of amides is 1. The van der Waals surface area contributed by atoms with Crippen molar-refractivity contribution in [1.29, 1.82) is 0 Å². The molecule has 1 aliphatic heterocycles. The van der Waals surface area contributed by atoms with Crippen LogP contribution in [0.3, 0.4) is 0 Å². The minimum absolute atomic E-state index is 0.0274. The van der Waals surface area contributed by atoms with Crippen molar-refractivity contribution < 1.29 is 24.2 Å². The van der Waals surface area contributed by atoms with Crippen LogP contribution in [0.25, 0.3) is 0 Å². The maximum Gasteiger partial charge on any atom is 0.312 e. The van der Waals surface area contributed by atoms with Gasteiger partial charge in [-0.15, -0.1) is 0 Å². The van der Waals surface area contributed by atoms with E-state index >= 15 is 0 Å². The molecule has 0 spiro atoms. The second-order valence-electron chi connectivity index (χ2n) is 4.90. The van der Waals surface area contributed by atoms with Gasteiger partial charge >= 0.3 is 11.9 Å². The molecule has 1 fully saturated rings. The number of carbonyl (C=O) groups excluding carboxylic acids is 2. The van der Waals surface area contributed by atoms with Crippen LogP contribution in [0.1, 0.15) is 32.6 Å². The summed E-state index contributed by atoms with van der Waals surface area (Å²) in [5.41, 5.74) is 5.90. The van der Waals surface area contributed by atoms with Gasteiger partial charge in [0.2, 0.25) is 5.91 Å². The van der Waals surface area contributed by atoms with Gasteiger partial charge in [-0.2, -0.15) is 0 Å². The third-order valence-corrected chi connectivity index (χ3v) is 3.39. The number of esters is 1. The second-order valence-corrected chi connectivity index (χ2v) is 4.90. The van der Waals surface area contributed by atoms with Crippen LogP contribution in [0.4, 0.5) is 0 Å². The number of nitrogens with zero attached hydrogens (tertiary/aromatic N) is 1. The van der Waals surface area contributed by atoms with Gasteiger partial charge in [-0.1, -0.05) is 0 Å². The highest BCUT2D eigenvalue weighted by Crippen LogP contribution is 2.18. The van der Waals surface area contributed by atoms with Crippen LogP contribution in [0, 0.1) is 5.92 Å². The Morgan fingerprint density at radius 3 is 2.65 bits per heavy atom. The maximum absolute atomic E-state index is 12.0. The van der Waals surface area contributed by atoms with Crippen molar-refractivity contribution in [2.45, 2.75) is 38.6 Å². The lowest BCUT2D eigenvalue weighted by molar-refractivity contribution is -0.152. The van der Waals surface area contributed by atoms with E-state index < -0.39 is 11.9 Å². The summed E-state index contributed by atoms with van der Waals surface area (Å²) in [4.78, 5) is 35.7. The van der Waals surface area contributed by atoms with Crippen LogP contribution < -0.4 is 5.73 Å². The number of nitrogens with two attached hydrogens (primary N) is 1. The largest absolute Gasteiger partial charge is 0.481 e. The minimum Gasteiger partial charge on any atom is -0.481 e. The van der Waals surface area contributed by atoms with E-state index in [4.69, 9.17) is 15.6 Å². The second kappa shape index (κ2) is 7.84. The molecule has 0 radical (unpaired) electrons. The molecule has 0 saturated carbocycles. The molecule has 1 amide bonds. The zero-order chi connectivity index (χ0) is 15.1. The van der Waals surface area contributed by atoms with E-state index in [0.29, 0.717) is 19.4 Å². The molecule has 0 aromatic rings. The number of hydrogen-bond donors (Lipinski definition) is 2. The molecule has 0 aliphatic carbocycles. The SMILES string of the molecule is CCOC(=O)C1CN(C(=O)CCCC(=O)O)CCC1N. The lowest BCUT2D eigenvalue weighted by Gasteiger charge is -2.35. The lowest BCUT2D eigenvalue weighted by Crippen LogP contribution is -2.52. The van der Waals surface area contributed by atoms with E-state index in [0.717, 1.165) is 0 Å². The Balaban J connectivity index is 2.49. The van der Waals surface area contributed by atoms with Crippen molar-refractivity contribution >= 4 is 17.8 Å². The molecule has 0 aromatic carbocycles. The smallest absolute Gasteiger partial charge is 0.312 e. The van der Waals surface area contributed by atoms with E-state index in [1.165, 1.54) is 0 Å². The zero-order valence-corrected chi connectivity index (χ0v) is 11.7.